The van der Waals surface area contributed by atoms with Crippen LogP contribution in [0.3, 0.4) is 0 Å². The second-order valence-corrected chi connectivity index (χ2v) is 9.59. The molecular formula is C30H32N2O4S. The number of hydrogen-bond acceptors (Lipinski definition) is 5. The fourth-order valence-electron chi connectivity index (χ4n) is 3.84. The molecule has 6 nitrogen and oxygen atoms in total. The molecule has 1 atom stereocenters. The Morgan fingerprint density at radius 3 is 2.08 bits per heavy atom. The van der Waals surface area contributed by atoms with E-state index >= 15 is 0 Å². The summed E-state index contributed by atoms with van der Waals surface area (Å²) < 4.78 is 5.52. The van der Waals surface area contributed by atoms with E-state index in [1.165, 1.54) is 11.8 Å². The fraction of sp³-hybridized carbons (Fsp3) is 0.267. The minimum absolute atomic E-state index is 0.0522. The normalized spacial score (nSPS) is 11.2. The van der Waals surface area contributed by atoms with Crippen LogP contribution in [0.15, 0.2) is 89.8 Å². The van der Waals surface area contributed by atoms with Crippen LogP contribution in [-0.2, 0) is 9.59 Å². The molecule has 0 aliphatic rings. The number of benzene rings is 3. The lowest BCUT2D eigenvalue weighted by Crippen LogP contribution is -2.32. The molecule has 1 unspecified atom stereocenters. The molecule has 0 fully saturated rings. The molecule has 0 aliphatic carbocycles. The Morgan fingerprint density at radius 1 is 0.892 bits per heavy atom. The van der Waals surface area contributed by atoms with Crippen molar-refractivity contribution >= 4 is 23.6 Å². The maximum absolute atomic E-state index is 13.1. The van der Waals surface area contributed by atoms with Gasteiger partial charge in [-0.15, -0.1) is 17.7 Å². The van der Waals surface area contributed by atoms with Crippen LogP contribution in [0.1, 0.15) is 43.2 Å². The molecule has 3 aromatic rings. The lowest BCUT2D eigenvalue weighted by molar-refractivity contribution is -0.128. The molecule has 2 amide bonds. The van der Waals surface area contributed by atoms with Gasteiger partial charge in [0.25, 0.3) is 5.91 Å². The van der Waals surface area contributed by atoms with Gasteiger partial charge in [0.05, 0.1) is 11.2 Å². The van der Waals surface area contributed by atoms with E-state index in [1.54, 1.807) is 12.4 Å². The third kappa shape index (κ3) is 9.02. The van der Waals surface area contributed by atoms with E-state index in [9.17, 15) is 14.8 Å². The predicted molar refractivity (Wildman–Crippen MR) is 147 cm³/mol. The van der Waals surface area contributed by atoms with Crippen molar-refractivity contribution in [2.24, 2.45) is 0 Å². The minimum atomic E-state index is -0.459. The van der Waals surface area contributed by atoms with Gasteiger partial charge in [0.2, 0.25) is 5.91 Å². The van der Waals surface area contributed by atoms with Crippen LogP contribution in [0.25, 0.3) is 0 Å². The summed E-state index contributed by atoms with van der Waals surface area (Å²) in [6, 6.07) is 26.9. The number of ether oxygens (including phenoxy) is 1. The summed E-state index contributed by atoms with van der Waals surface area (Å²) in [5, 5.41) is 11.8. The number of hydrogen-bond donors (Lipinski definition) is 3. The lowest BCUT2D eigenvalue weighted by Gasteiger charge is -2.18. The number of rotatable bonds is 13. The van der Waals surface area contributed by atoms with E-state index in [0.717, 1.165) is 16.0 Å². The van der Waals surface area contributed by atoms with Crippen molar-refractivity contribution in [3.63, 3.8) is 0 Å². The topological polar surface area (TPSA) is 87.7 Å². The van der Waals surface area contributed by atoms with Crippen molar-refractivity contribution in [3.8, 4) is 17.6 Å². The van der Waals surface area contributed by atoms with Crippen molar-refractivity contribution in [2.45, 2.75) is 42.2 Å². The summed E-state index contributed by atoms with van der Waals surface area (Å²) in [5.41, 5.74) is 3.66. The first-order valence-electron chi connectivity index (χ1n) is 12.2. The van der Waals surface area contributed by atoms with E-state index in [0.29, 0.717) is 38.2 Å². The van der Waals surface area contributed by atoms with Gasteiger partial charge in [-0.05, 0) is 55.2 Å². The molecule has 0 saturated heterocycles. The van der Waals surface area contributed by atoms with Gasteiger partial charge in [0, 0.05) is 11.4 Å². The van der Waals surface area contributed by atoms with Crippen LogP contribution in [0.4, 0.5) is 0 Å². The molecule has 7 heteroatoms. The largest absolute Gasteiger partial charge is 0.481 e. The van der Waals surface area contributed by atoms with Crippen molar-refractivity contribution < 1.29 is 19.5 Å². The molecule has 0 aromatic heterocycles. The van der Waals surface area contributed by atoms with Crippen LogP contribution in [0, 0.1) is 11.8 Å². The number of amides is 2. The maximum atomic E-state index is 13.1. The smallest absolute Gasteiger partial charge is 0.256 e. The Kier molecular flexibility index (Phi) is 11.6. The average molecular weight is 517 g/mol. The van der Waals surface area contributed by atoms with Gasteiger partial charge in [0.1, 0.15) is 12.4 Å². The Morgan fingerprint density at radius 2 is 1.51 bits per heavy atom. The summed E-state index contributed by atoms with van der Waals surface area (Å²) in [5.74, 6) is 5.45. The quantitative estimate of drug-likeness (QED) is 0.0959. The number of carbonyl (C=O) groups excluding carboxylic acids is 2. The van der Waals surface area contributed by atoms with E-state index < -0.39 is 11.2 Å². The Labute approximate surface area is 222 Å². The van der Waals surface area contributed by atoms with Crippen LogP contribution in [-0.4, -0.2) is 35.4 Å². The molecular weight excluding hydrogens is 484 g/mol. The summed E-state index contributed by atoms with van der Waals surface area (Å²) in [6.45, 7) is 2.59. The molecule has 192 valence electrons. The van der Waals surface area contributed by atoms with E-state index in [4.69, 9.17) is 4.74 Å². The van der Waals surface area contributed by atoms with Crippen molar-refractivity contribution in [3.05, 3.63) is 96.1 Å². The predicted octanol–water partition coefficient (Wildman–Crippen LogP) is 5.17. The third-order valence-corrected chi connectivity index (χ3v) is 6.99. The monoisotopic (exact) mass is 516 g/mol. The standard InChI is InChI=1S/C30H32N2O4S/c1-2-3-22-36-25-17-19-26(20-18-25)37-27(29(33)32-35)16-10-11-21-31-30(34)28(23-12-6-4-7-13-23)24-14-8-5-9-15-24/h4-9,12-15,17-20,27-28,35H,10-11,16,21-22H2,1H3,(H,31,34)(H,32,33). The van der Waals surface area contributed by atoms with Gasteiger partial charge < -0.3 is 10.1 Å². The van der Waals surface area contributed by atoms with Gasteiger partial charge in [-0.1, -0.05) is 73.0 Å². The van der Waals surface area contributed by atoms with Crippen LogP contribution in [0.2, 0.25) is 0 Å². The van der Waals surface area contributed by atoms with Crippen molar-refractivity contribution in [1.29, 1.82) is 0 Å². The van der Waals surface area contributed by atoms with Crippen LogP contribution in [0.5, 0.6) is 5.75 Å². The van der Waals surface area contributed by atoms with E-state index in [-0.39, 0.29) is 11.8 Å². The highest BCUT2D eigenvalue weighted by Gasteiger charge is 2.22. The lowest BCUT2D eigenvalue weighted by atomic mass is 9.90. The Hall–Kier alpha value is -3.73. The van der Waals surface area contributed by atoms with Gasteiger partial charge in [-0.2, -0.15) is 0 Å². The number of thioether (sulfide) groups is 1. The summed E-state index contributed by atoms with van der Waals surface area (Å²) >= 11 is 1.38. The fourth-order valence-corrected chi connectivity index (χ4v) is 4.91. The summed E-state index contributed by atoms with van der Waals surface area (Å²) in [7, 11) is 0. The molecule has 0 spiro atoms. The molecule has 0 radical (unpaired) electrons. The zero-order chi connectivity index (χ0) is 26.3. The number of carbonyl (C=O) groups is 2. The first kappa shape index (κ1) is 27.9. The Balaban J connectivity index is 1.50. The number of hydroxylamine groups is 1. The zero-order valence-electron chi connectivity index (χ0n) is 20.9. The van der Waals surface area contributed by atoms with E-state index in [2.05, 4.69) is 17.2 Å². The van der Waals surface area contributed by atoms with E-state index in [1.807, 2.05) is 84.9 Å². The minimum Gasteiger partial charge on any atom is -0.481 e. The van der Waals surface area contributed by atoms with Crippen LogP contribution < -0.4 is 15.5 Å². The number of nitrogens with one attached hydrogen (secondary N) is 2. The summed E-state index contributed by atoms with van der Waals surface area (Å²) in [4.78, 5) is 26.3. The maximum Gasteiger partial charge on any atom is 0.256 e. The zero-order valence-corrected chi connectivity index (χ0v) is 21.7. The second kappa shape index (κ2) is 15.4. The Bertz CT molecular complexity index is 1140. The van der Waals surface area contributed by atoms with Gasteiger partial charge >= 0.3 is 0 Å². The highest BCUT2D eigenvalue weighted by Crippen LogP contribution is 2.29. The van der Waals surface area contributed by atoms with Crippen LogP contribution >= 0.6 is 11.8 Å². The third-order valence-electron chi connectivity index (χ3n) is 5.71. The molecule has 0 heterocycles. The van der Waals surface area contributed by atoms with Crippen molar-refractivity contribution in [2.75, 3.05) is 13.2 Å². The average Bonchev–Trinajstić information content (AvgIpc) is 2.94. The number of unbranched alkanes of at least 4 members (excludes halogenated alkanes) is 1. The van der Waals surface area contributed by atoms with Crippen molar-refractivity contribution in [1.82, 2.24) is 10.8 Å². The van der Waals surface area contributed by atoms with Gasteiger partial charge in [-0.3, -0.25) is 14.8 Å². The highest BCUT2D eigenvalue weighted by molar-refractivity contribution is 8.00. The SMILES string of the molecule is CC#CCOc1ccc(SC(CCCCNC(=O)C(c2ccccc2)c2ccccc2)C(=O)NO)cc1. The first-order valence-corrected chi connectivity index (χ1v) is 13.1. The summed E-state index contributed by atoms with van der Waals surface area (Å²) in [6.07, 6.45) is 1.98. The molecule has 0 bridgehead atoms. The van der Waals surface area contributed by atoms with Gasteiger partial charge in [0.15, 0.2) is 0 Å². The first-order chi connectivity index (χ1) is 18.1. The molecule has 3 N–H and O–H groups in total. The molecule has 0 aliphatic heterocycles. The molecule has 3 rings (SSSR count). The molecule has 3 aromatic carbocycles. The van der Waals surface area contributed by atoms with Gasteiger partial charge in [-0.25, -0.2) is 5.48 Å². The highest BCUT2D eigenvalue weighted by atomic mass is 32.2. The molecule has 37 heavy (non-hydrogen) atoms. The molecule has 0 saturated carbocycles. The second-order valence-electron chi connectivity index (χ2n) is 8.31.